The summed E-state index contributed by atoms with van der Waals surface area (Å²) in [4.78, 5) is 22.0. The first-order chi connectivity index (χ1) is 15.2. The number of carbonyl (C=O) groups excluding carboxylic acids is 1. The number of ether oxygens (including phenoxy) is 1. The molecule has 1 N–H and O–H groups in total. The van der Waals surface area contributed by atoms with Crippen LogP contribution in [0.2, 0.25) is 0 Å². The van der Waals surface area contributed by atoms with Crippen molar-refractivity contribution < 1.29 is 9.53 Å². The Labute approximate surface area is 184 Å². The monoisotopic (exact) mass is 433 g/mol. The molecular weight excluding hydrogens is 410 g/mol. The molecule has 5 rings (SSSR count). The van der Waals surface area contributed by atoms with Gasteiger partial charge in [-0.3, -0.25) is 9.78 Å². The zero-order valence-electron chi connectivity index (χ0n) is 17.2. The van der Waals surface area contributed by atoms with Crippen molar-refractivity contribution in [3.05, 3.63) is 71.2 Å². The van der Waals surface area contributed by atoms with Crippen molar-refractivity contribution in [3.63, 3.8) is 0 Å². The van der Waals surface area contributed by atoms with E-state index in [4.69, 9.17) is 14.8 Å². The fraction of sp³-hybridized carbons (Fsp3) is 0.304. The van der Waals surface area contributed by atoms with Gasteiger partial charge in [0.1, 0.15) is 11.8 Å². The van der Waals surface area contributed by atoms with Crippen LogP contribution in [0.1, 0.15) is 43.5 Å². The van der Waals surface area contributed by atoms with E-state index in [-0.39, 0.29) is 11.8 Å². The minimum absolute atomic E-state index is 0.177. The molecule has 1 aliphatic carbocycles. The number of thioether (sulfide) groups is 1. The fourth-order valence-electron chi connectivity index (χ4n) is 4.04. The first-order valence-corrected chi connectivity index (χ1v) is 11.5. The summed E-state index contributed by atoms with van der Waals surface area (Å²) in [6.45, 7) is 2.58. The molecule has 7 nitrogen and oxygen atoms in total. The number of pyridine rings is 1. The molecule has 0 bridgehead atoms. The Bertz CT molecular complexity index is 1120. The zero-order valence-corrected chi connectivity index (χ0v) is 18.1. The van der Waals surface area contributed by atoms with Crippen LogP contribution >= 0.6 is 11.8 Å². The van der Waals surface area contributed by atoms with Crippen molar-refractivity contribution in [2.75, 3.05) is 11.9 Å². The molecule has 3 heterocycles. The lowest BCUT2D eigenvalue weighted by Gasteiger charge is -2.32. The number of nitrogens with one attached hydrogen (secondary N) is 1. The number of allylic oxidation sites excluding steroid dienone is 2. The predicted molar refractivity (Wildman–Crippen MR) is 119 cm³/mol. The van der Waals surface area contributed by atoms with Gasteiger partial charge < -0.3 is 10.1 Å². The van der Waals surface area contributed by atoms with Crippen LogP contribution in [-0.4, -0.2) is 32.1 Å². The predicted octanol–water partition coefficient (Wildman–Crippen LogP) is 4.39. The molecule has 0 fully saturated rings. The lowest BCUT2D eigenvalue weighted by atomic mass is 9.85. The third-order valence-electron chi connectivity index (χ3n) is 5.43. The number of benzene rings is 1. The average Bonchev–Trinajstić information content (AvgIpc) is 3.21. The summed E-state index contributed by atoms with van der Waals surface area (Å²) in [7, 11) is 0. The topological polar surface area (TPSA) is 81.9 Å². The number of rotatable bonds is 6. The molecule has 0 spiro atoms. The maximum Gasteiger partial charge on any atom is 0.227 e. The minimum atomic E-state index is -0.286. The lowest BCUT2D eigenvalue weighted by molar-refractivity contribution is -0.116. The summed E-state index contributed by atoms with van der Waals surface area (Å²) in [5, 5.41) is 8.81. The van der Waals surface area contributed by atoms with Gasteiger partial charge in [0.15, 0.2) is 5.78 Å². The second kappa shape index (κ2) is 8.55. The highest BCUT2D eigenvalue weighted by Crippen LogP contribution is 2.41. The molecule has 1 aliphatic heterocycles. The van der Waals surface area contributed by atoms with Crippen molar-refractivity contribution in [1.29, 1.82) is 0 Å². The summed E-state index contributed by atoms with van der Waals surface area (Å²) in [6, 6.07) is 13.5. The molecule has 0 radical (unpaired) electrons. The van der Waals surface area contributed by atoms with Crippen molar-refractivity contribution in [2.24, 2.45) is 0 Å². The maximum atomic E-state index is 12.9. The normalized spacial score (nSPS) is 17.7. The van der Waals surface area contributed by atoms with Gasteiger partial charge in [-0.05, 0) is 49.6 Å². The zero-order chi connectivity index (χ0) is 21.2. The second-order valence-electron chi connectivity index (χ2n) is 7.47. The highest BCUT2D eigenvalue weighted by molar-refractivity contribution is 7.98. The average molecular weight is 434 g/mol. The molecule has 158 valence electrons. The molecular formula is C23H23N5O2S. The Morgan fingerprint density at radius 2 is 2.06 bits per heavy atom. The van der Waals surface area contributed by atoms with Gasteiger partial charge in [0.25, 0.3) is 0 Å². The Morgan fingerprint density at radius 3 is 2.84 bits per heavy atom. The molecule has 2 aliphatic rings. The standard InChI is InChI=1S/C23H23N5O2S/c1-2-30-17-11-9-15(10-12-17)21-20-18(7-5-8-19(20)29)25-22-26-23(27-28(21)22)31-14-16-6-3-4-13-24-16/h3-4,6,9-13,21H,2,5,7-8,14H2,1H3,(H,25,26,27). The molecule has 1 unspecified atom stereocenters. The van der Waals surface area contributed by atoms with Gasteiger partial charge in [-0.1, -0.05) is 30.0 Å². The quantitative estimate of drug-likeness (QED) is 0.578. The first kappa shape index (κ1) is 19.8. The van der Waals surface area contributed by atoms with Crippen LogP contribution in [0, 0.1) is 0 Å². The van der Waals surface area contributed by atoms with Crippen LogP contribution in [0.15, 0.2) is 65.1 Å². The van der Waals surface area contributed by atoms with Crippen molar-refractivity contribution >= 4 is 23.5 Å². The summed E-state index contributed by atoms with van der Waals surface area (Å²) in [5.41, 5.74) is 3.74. The number of carbonyl (C=O) groups is 1. The van der Waals surface area contributed by atoms with E-state index in [1.165, 1.54) is 11.8 Å². The van der Waals surface area contributed by atoms with E-state index >= 15 is 0 Å². The van der Waals surface area contributed by atoms with Crippen LogP contribution in [0.25, 0.3) is 0 Å². The smallest absolute Gasteiger partial charge is 0.227 e. The van der Waals surface area contributed by atoms with E-state index in [1.54, 1.807) is 6.20 Å². The lowest BCUT2D eigenvalue weighted by Crippen LogP contribution is -2.31. The number of Topliss-reactive ketones (excluding diaryl/α,β-unsaturated/α-hetero) is 1. The van der Waals surface area contributed by atoms with E-state index in [1.807, 2.05) is 54.1 Å². The second-order valence-corrected chi connectivity index (χ2v) is 8.41. The van der Waals surface area contributed by atoms with Crippen LogP contribution < -0.4 is 10.1 Å². The van der Waals surface area contributed by atoms with Gasteiger partial charge in [0, 0.05) is 29.6 Å². The summed E-state index contributed by atoms with van der Waals surface area (Å²) in [6.07, 6.45) is 4.06. The molecule has 0 saturated heterocycles. The molecule has 2 aromatic heterocycles. The highest BCUT2D eigenvalue weighted by atomic mass is 32.2. The number of fused-ring (bicyclic) bond motifs is 1. The molecule has 8 heteroatoms. The summed E-state index contributed by atoms with van der Waals surface area (Å²) in [5.74, 6) is 2.35. The van der Waals surface area contributed by atoms with E-state index in [2.05, 4.69) is 10.3 Å². The molecule has 1 aromatic carbocycles. The third kappa shape index (κ3) is 3.95. The SMILES string of the molecule is CCOc1ccc(C2C3=C(CCCC3=O)Nc3nc(SCc4ccccn4)nn32)cc1. The van der Waals surface area contributed by atoms with E-state index in [0.717, 1.165) is 41.1 Å². The number of hydrogen-bond donors (Lipinski definition) is 1. The van der Waals surface area contributed by atoms with Gasteiger partial charge in [0.2, 0.25) is 11.1 Å². The van der Waals surface area contributed by atoms with Gasteiger partial charge >= 0.3 is 0 Å². The van der Waals surface area contributed by atoms with E-state index in [0.29, 0.717) is 29.9 Å². The molecule has 0 saturated carbocycles. The third-order valence-corrected chi connectivity index (χ3v) is 6.30. The van der Waals surface area contributed by atoms with Crippen LogP contribution in [-0.2, 0) is 10.5 Å². The van der Waals surface area contributed by atoms with Crippen LogP contribution in [0.4, 0.5) is 5.95 Å². The molecule has 3 aromatic rings. The number of aromatic nitrogens is 4. The summed E-state index contributed by atoms with van der Waals surface area (Å²) < 4.78 is 7.43. The Kier molecular flexibility index (Phi) is 5.46. The summed E-state index contributed by atoms with van der Waals surface area (Å²) >= 11 is 1.54. The van der Waals surface area contributed by atoms with Gasteiger partial charge in [-0.2, -0.15) is 4.98 Å². The number of anilines is 1. The molecule has 1 atom stereocenters. The number of ketones is 1. The largest absolute Gasteiger partial charge is 0.494 e. The van der Waals surface area contributed by atoms with E-state index in [9.17, 15) is 4.79 Å². The minimum Gasteiger partial charge on any atom is -0.494 e. The fourth-order valence-corrected chi connectivity index (χ4v) is 4.79. The van der Waals surface area contributed by atoms with Crippen LogP contribution in [0.3, 0.4) is 0 Å². The Balaban J connectivity index is 1.49. The molecule has 0 amide bonds. The van der Waals surface area contributed by atoms with Crippen molar-refractivity contribution in [3.8, 4) is 5.75 Å². The molecule has 31 heavy (non-hydrogen) atoms. The maximum absolute atomic E-state index is 12.9. The van der Waals surface area contributed by atoms with Gasteiger partial charge in [0.05, 0.1) is 12.3 Å². The Hall–Kier alpha value is -3.13. The Morgan fingerprint density at radius 1 is 1.19 bits per heavy atom. The number of nitrogens with zero attached hydrogens (tertiary/aromatic N) is 4. The van der Waals surface area contributed by atoms with Crippen LogP contribution in [0.5, 0.6) is 5.75 Å². The van der Waals surface area contributed by atoms with Crippen molar-refractivity contribution in [1.82, 2.24) is 19.7 Å². The first-order valence-electron chi connectivity index (χ1n) is 10.5. The highest BCUT2D eigenvalue weighted by Gasteiger charge is 2.36. The van der Waals surface area contributed by atoms with Gasteiger partial charge in [-0.25, -0.2) is 4.68 Å². The van der Waals surface area contributed by atoms with E-state index < -0.39 is 0 Å². The number of hydrogen-bond acceptors (Lipinski definition) is 7. The van der Waals surface area contributed by atoms with Gasteiger partial charge in [-0.15, -0.1) is 5.10 Å². The van der Waals surface area contributed by atoms with Crippen molar-refractivity contribution in [2.45, 2.75) is 43.1 Å².